The molecular weight excluding hydrogens is 358 g/mol. The Morgan fingerprint density at radius 3 is 2.44 bits per heavy atom. The molecule has 0 unspecified atom stereocenters. The molecular formula is C17H17N3O7. The Hall–Kier alpha value is -3.69. The number of nitrogens with zero attached hydrogens (tertiary/aromatic N) is 2. The van der Waals surface area contributed by atoms with E-state index in [1.54, 1.807) is 19.1 Å². The van der Waals surface area contributed by atoms with Crippen molar-refractivity contribution in [2.45, 2.75) is 6.92 Å². The monoisotopic (exact) mass is 375 g/mol. The zero-order chi connectivity index (χ0) is 20.0. The van der Waals surface area contributed by atoms with Crippen molar-refractivity contribution in [3.63, 3.8) is 0 Å². The molecule has 142 valence electrons. The first-order valence-electron chi connectivity index (χ1n) is 7.75. The second kappa shape index (κ2) is 8.61. The van der Waals surface area contributed by atoms with Crippen LogP contribution in [0.1, 0.15) is 6.92 Å². The van der Waals surface area contributed by atoms with E-state index in [-0.39, 0.29) is 24.7 Å². The van der Waals surface area contributed by atoms with Crippen LogP contribution in [-0.4, -0.2) is 55.8 Å². The van der Waals surface area contributed by atoms with Gasteiger partial charge in [-0.05, 0) is 19.1 Å². The van der Waals surface area contributed by atoms with Crippen molar-refractivity contribution in [3.05, 3.63) is 47.2 Å². The van der Waals surface area contributed by atoms with Gasteiger partial charge in [-0.15, -0.1) is 0 Å². The lowest BCUT2D eigenvalue weighted by Gasteiger charge is -2.26. The van der Waals surface area contributed by atoms with Gasteiger partial charge in [0.2, 0.25) is 12.3 Å². The summed E-state index contributed by atoms with van der Waals surface area (Å²) in [5, 5.41) is 2.17. The first-order valence-corrected chi connectivity index (χ1v) is 7.75. The number of rotatable bonds is 6. The maximum Gasteiger partial charge on any atom is 0.344 e. The molecule has 27 heavy (non-hydrogen) atoms. The van der Waals surface area contributed by atoms with Crippen molar-refractivity contribution in [2.24, 2.45) is 4.99 Å². The number of amidine groups is 1. The molecule has 2 rings (SSSR count). The summed E-state index contributed by atoms with van der Waals surface area (Å²) in [4.78, 5) is 54.1. The molecule has 0 spiro atoms. The normalized spacial score (nSPS) is 23.4. The molecule has 2 heterocycles. The Kier molecular flexibility index (Phi) is 6.26. The van der Waals surface area contributed by atoms with Gasteiger partial charge >= 0.3 is 11.9 Å². The average Bonchev–Trinajstić information content (AvgIpc) is 2.68. The summed E-state index contributed by atoms with van der Waals surface area (Å²) in [5.74, 6) is -3.01. The van der Waals surface area contributed by atoms with Gasteiger partial charge in [0.05, 0.1) is 20.8 Å². The van der Waals surface area contributed by atoms with E-state index in [4.69, 9.17) is 14.2 Å². The van der Waals surface area contributed by atoms with Gasteiger partial charge in [0, 0.05) is 6.20 Å². The lowest BCUT2D eigenvalue weighted by Crippen LogP contribution is -2.40. The largest absolute Gasteiger partial charge is 0.477 e. The van der Waals surface area contributed by atoms with Crippen molar-refractivity contribution >= 4 is 30.1 Å². The molecule has 0 saturated carbocycles. The fourth-order valence-corrected chi connectivity index (χ4v) is 2.35. The minimum atomic E-state index is -1.06. The van der Waals surface area contributed by atoms with E-state index >= 15 is 0 Å². The predicted molar refractivity (Wildman–Crippen MR) is 91.5 cm³/mol. The summed E-state index contributed by atoms with van der Waals surface area (Å²) in [6, 6.07) is 0. The standard InChI is InChI=1S/C17H17N3O7/c1-4-27-14-12(17(24)26-3)11(16(23)25-2)13(18-9-21)15(22)20-8-6-5-7-10(20)19-14/h5-9H,4H2,1-3H3,(H,18,21)/b13-11-,14-12-,19-10-. The van der Waals surface area contributed by atoms with Crippen LogP contribution in [0.4, 0.5) is 0 Å². The molecule has 10 heteroatoms. The fraction of sp³-hybridized carbons (Fsp3) is 0.235. The molecule has 0 radical (unpaired) electrons. The van der Waals surface area contributed by atoms with Crippen LogP contribution in [0.5, 0.6) is 0 Å². The van der Waals surface area contributed by atoms with Crippen LogP contribution in [0.25, 0.3) is 0 Å². The molecule has 0 fully saturated rings. The topological polar surface area (TPSA) is 124 Å². The summed E-state index contributed by atoms with van der Waals surface area (Å²) in [7, 11) is 2.15. The highest BCUT2D eigenvalue weighted by Gasteiger charge is 2.37. The maximum atomic E-state index is 12.9. The lowest BCUT2D eigenvalue weighted by atomic mass is 10.0. The Morgan fingerprint density at radius 1 is 1.19 bits per heavy atom. The Labute approximate surface area is 154 Å². The number of hydrogen-bond donors (Lipinski definition) is 1. The highest BCUT2D eigenvalue weighted by Crippen LogP contribution is 2.27. The number of esters is 2. The van der Waals surface area contributed by atoms with Crippen LogP contribution in [0.3, 0.4) is 0 Å². The molecule has 0 aliphatic carbocycles. The number of hydrogen-bond acceptors (Lipinski definition) is 8. The van der Waals surface area contributed by atoms with Gasteiger partial charge in [0.1, 0.15) is 22.7 Å². The molecule has 2 amide bonds. The number of carbonyl (C=O) groups excluding carboxylic acids is 4. The maximum absolute atomic E-state index is 12.9. The van der Waals surface area contributed by atoms with Crippen LogP contribution >= 0.6 is 0 Å². The van der Waals surface area contributed by atoms with Gasteiger partial charge < -0.3 is 19.5 Å². The number of methoxy groups -OCH3 is 2. The third kappa shape index (κ3) is 3.78. The number of carbonyl (C=O) groups is 4. The molecule has 0 atom stereocenters. The van der Waals surface area contributed by atoms with Crippen LogP contribution in [0.15, 0.2) is 52.1 Å². The Bertz CT molecular complexity index is 833. The third-order valence-electron chi connectivity index (χ3n) is 3.46. The van der Waals surface area contributed by atoms with E-state index < -0.39 is 34.7 Å². The Morgan fingerprint density at radius 2 is 1.85 bits per heavy atom. The van der Waals surface area contributed by atoms with Crippen molar-refractivity contribution in [3.8, 4) is 0 Å². The third-order valence-corrected chi connectivity index (χ3v) is 3.46. The first-order chi connectivity index (χ1) is 13.0. The zero-order valence-corrected chi connectivity index (χ0v) is 14.8. The summed E-state index contributed by atoms with van der Waals surface area (Å²) >= 11 is 0. The molecule has 0 bridgehead atoms. The van der Waals surface area contributed by atoms with Crippen molar-refractivity contribution < 1.29 is 33.4 Å². The van der Waals surface area contributed by atoms with Crippen molar-refractivity contribution in [2.75, 3.05) is 20.8 Å². The van der Waals surface area contributed by atoms with E-state index in [1.807, 2.05) is 0 Å². The van der Waals surface area contributed by atoms with Gasteiger partial charge in [0.15, 0.2) is 0 Å². The number of aliphatic imine (C=N–C) groups is 1. The fourth-order valence-electron chi connectivity index (χ4n) is 2.35. The number of allylic oxidation sites excluding steroid dienone is 2. The van der Waals surface area contributed by atoms with E-state index in [0.29, 0.717) is 0 Å². The molecule has 0 aromatic carbocycles. The second-order valence-corrected chi connectivity index (χ2v) is 4.95. The highest BCUT2D eigenvalue weighted by molar-refractivity contribution is 6.19. The summed E-state index contributed by atoms with van der Waals surface area (Å²) in [5.41, 5.74) is -1.46. The molecule has 10 nitrogen and oxygen atoms in total. The van der Waals surface area contributed by atoms with E-state index in [9.17, 15) is 19.2 Å². The average molecular weight is 375 g/mol. The molecule has 2 aliphatic heterocycles. The second-order valence-electron chi connectivity index (χ2n) is 4.95. The van der Waals surface area contributed by atoms with Crippen LogP contribution < -0.4 is 5.32 Å². The number of ether oxygens (including phenoxy) is 3. The van der Waals surface area contributed by atoms with E-state index in [2.05, 4.69) is 10.3 Å². The zero-order valence-electron chi connectivity index (χ0n) is 14.8. The van der Waals surface area contributed by atoms with E-state index in [0.717, 1.165) is 19.1 Å². The summed E-state index contributed by atoms with van der Waals surface area (Å²) < 4.78 is 14.8. The highest BCUT2D eigenvalue weighted by atomic mass is 16.5. The minimum absolute atomic E-state index is 0.102. The smallest absolute Gasteiger partial charge is 0.344 e. The van der Waals surface area contributed by atoms with Gasteiger partial charge in [-0.3, -0.25) is 14.5 Å². The van der Waals surface area contributed by atoms with Gasteiger partial charge in [0.25, 0.3) is 5.91 Å². The van der Waals surface area contributed by atoms with Crippen LogP contribution in [-0.2, 0) is 33.4 Å². The van der Waals surface area contributed by atoms with Crippen molar-refractivity contribution in [1.82, 2.24) is 10.2 Å². The lowest BCUT2D eigenvalue weighted by molar-refractivity contribution is -0.140. The number of fused-ring (bicyclic) bond motifs is 1. The predicted octanol–water partition coefficient (Wildman–Crippen LogP) is -0.0952. The van der Waals surface area contributed by atoms with Gasteiger partial charge in [-0.1, -0.05) is 6.08 Å². The SMILES string of the molecule is CCOC1=C(C(=O)OC)/C(C(=O)OC)=C(/NC=O)C(=O)N2C=CC=C\C2=N\1. The van der Waals surface area contributed by atoms with Crippen LogP contribution in [0.2, 0.25) is 0 Å². The van der Waals surface area contributed by atoms with E-state index in [1.165, 1.54) is 12.3 Å². The van der Waals surface area contributed by atoms with Crippen molar-refractivity contribution in [1.29, 1.82) is 0 Å². The number of amides is 2. The van der Waals surface area contributed by atoms with Gasteiger partial charge in [-0.2, -0.15) is 4.99 Å². The molecule has 0 aromatic rings. The summed E-state index contributed by atoms with van der Waals surface area (Å²) in [6.07, 6.45) is 6.25. The Balaban J connectivity index is 2.94. The van der Waals surface area contributed by atoms with Crippen LogP contribution in [0, 0.1) is 0 Å². The quantitative estimate of drug-likeness (QED) is 0.508. The molecule has 1 N–H and O–H groups in total. The van der Waals surface area contributed by atoms with Gasteiger partial charge in [-0.25, -0.2) is 9.59 Å². The molecule has 2 aliphatic rings. The molecule has 0 aromatic heterocycles. The number of nitrogens with one attached hydrogen (secondary N) is 1. The molecule has 0 saturated heterocycles. The minimum Gasteiger partial charge on any atom is -0.477 e. The first kappa shape index (κ1) is 19.6. The summed E-state index contributed by atoms with van der Waals surface area (Å²) in [6.45, 7) is 1.75.